The molecule has 2 unspecified atom stereocenters. The first kappa shape index (κ1) is 14.0. The van der Waals surface area contributed by atoms with Crippen molar-refractivity contribution in [2.24, 2.45) is 0 Å². The molecule has 6 heteroatoms. The van der Waals surface area contributed by atoms with E-state index >= 15 is 0 Å². The van der Waals surface area contributed by atoms with Crippen LogP contribution >= 0.6 is 0 Å². The molecule has 0 bridgehead atoms. The second kappa shape index (κ2) is 6.24. The lowest BCUT2D eigenvalue weighted by Crippen LogP contribution is -2.16. The third-order valence-corrected chi connectivity index (χ3v) is 3.75. The second-order valence-corrected chi connectivity index (χ2v) is 5.09. The first-order chi connectivity index (χ1) is 10.3. The number of rotatable bonds is 5. The van der Waals surface area contributed by atoms with Crippen LogP contribution < -0.4 is 10.1 Å². The molecule has 1 N–H and O–H groups in total. The summed E-state index contributed by atoms with van der Waals surface area (Å²) in [5.41, 5.74) is 1.04. The number of ether oxygens (including phenoxy) is 2. The number of benzene rings is 1. The average molecular weight is 289 g/mol. The summed E-state index contributed by atoms with van der Waals surface area (Å²) in [4.78, 5) is 4.48. The van der Waals surface area contributed by atoms with Gasteiger partial charge < -0.3 is 19.3 Å². The number of nitrogens with one attached hydrogen (secondary N) is 1. The van der Waals surface area contributed by atoms with Crippen LogP contribution in [0.15, 0.2) is 28.8 Å². The van der Waals surface area contributed by atoms with Crippen LogP contribution in [-0.2, 0) is 11.2 Å². The molecule has 1 aliphatic heterocycles. The van der Waals surface area contributed by atoms with E-state index in [4.69, 9.17) is 14.0 Å². The van der Waals surface area contributed by atoms with Crippen LogP contribution in [0.2, 0.25) is 0 Å². The number of para-hydroxylation sites is 1. The molecule has 112 valence electrons. The minimum absolute atomic E-state index is 0.0777. The van der Waals surface area contributed by atoms with E-state index in [-0.39, 0.29) is 12.1 Å². The zero-order chi connectivity index (χ0) is 14.7. The van der Waals surface area contributed by atoms with E-state index in [9.17, 15) is 0 Å². The SMILES string of the molecule is COc1ccccc1Cc1noc(C2CC(OC)CN2)n1. The Morgan fingerprint density at radius 3 is 2.95 bits per heavy atom. The second-order valence-electron chi connectivity index (χ2n) is 5.09. The molecule has 2 atom stereocenters. The Labute approximate surface area is 123 Å². The maximum Gasteiger partial charge on any atom is 0.243 e. The van der Waals surface area contributed by atoms with Crippen LogP contribution in [0.1, 0.15) is 29.7 Å². The van der Waals surface area contributed by atoms with E-state index in [1.807, 2.05) is 24.3 Å². The van der Waals surface area contributed by atoms with Crippen molar-refractivity contribution in [2.75, 3.05) is 20.8 Å². The van der Waals surface area contributed by atoms with Gasteiger partial charge in [0.2, 0.25) is 5.89 Å². The lowest BCUT2D eigenvalue weighted by Gasteiger charge is -2.05. The molecule has 1 aliphatic rings. The maximum atomic E-state index is 5.37. The van der Waals surface area contributed by atoms with Gasteiger partial charge in [-0.3, -0.25) is 0 Å². The van der Waals surface area contributed by atoms with Gasteiger partial charge in [0.15, 0.2) is 5.82 Å². The third kappa shape index (κ3) is 3.06. The monoisotopic (exact) mass is 289 g/mol. The van der Waals surface area contributed by atoms with E-state index in [1.54, 1.807) is 14.2 Å². The first-order valence-corrected chi connectivity index (χ1v) is 7.00. The molecule has 1 aromatic heterocycles. The van der Waals surface area contributed by atoms with Crippen molar-refractivity contribution in [1.29, 1.82) is 0 Å². The standard InChI is InChI=1S/C15H19N3O3/c1-19-11-8-12(16-9-11)15-17-14(18-21-15)7-10-5-3-4-6-13(10)20-2/h3-6,11-12,16H,7-9H2,1-2H3. The van der Waals surface area contributed by atoms with Crippen LogP contribution in [0.4, 0.5) is 0 Å². The zero-order valence-electron chi connectivity index (χ0n) is 12.2. The molecule has 0 radical (unpaired) electrons. The number of methoxy groups -OCH3 is 2. The van der Waals surface area contributed by atoms with Crippen LogP contribution in [0.25, 0.3) is 0 Å². The zero-order valence-corrected chi connectivity index (χ0v) is 12.2. The highest BCUT2D eigenvalue weighted by atomic mass is 16.5. The van der Waals surface area contributed by atoms with Crippen LogP contribution in [0, 0.1) is 0 Å². The normalized spacial score (nSPS) is 21.6. The summed E-state index contributed by atoms with van der Waals surface area (Å²) in [7, 11) is 3.38. The van der Waals surface area contributed by atoms with Crippen LogP contribution in [0.3, 0.4) is 0 Å². The van der Waals surface area contributed by atoms with Gasteiger partial charge in [-0.25, -0.2) is 0 Å². The summed E-state index contributed by atoms with van der Waals surface area (Å²) in [5, 5.41) is 7.39. The van der Waals surface area contributed by atoms with Gasteiger partial charge in [0.25, 0.3) is 0 Å². The van der Waals surface area contributed by atoms with E-state index in [0.717, 1.165) is 24.3 Å². The highest BCUT2D eigenvalue weighted by Crippen LogP contribution is 2.25. The van der Waals surface area contributed by atoms with Crippen molar-refractivity contribution in [1.82, 2.24) is 15.5 Å². The summed E-state index contributed by atoms with van der Waals surface area (Å²) in [6.07, 6.45) is 1.65. The predicted molar refractivity (Wildman–Crippen MR) is 76.3 cm³/mol. The van der Waals surface area contributed by atoms with Crippen LogP contribution in [-0.4, -0.2) is 37.0 Å². The Balaban J connectivity index is 1.71. The Morgan fingerprint density at radius 2 is 2.19 bits per heavy atom. The average Bonchev–Trinajstić information content (AvgIpc) is 3.16. The molecule has 2 heterocycles. The topological polar surface area (TPSA) is 69.4 Å². The van der Waals surface area contributed by atoms with E-state index in [2.05, 4.69) is 15.5 Å². The third-order valence-electron chi connectivity index (χ3n) is 3.75. The van der Waals surface area contributed by atoms with Gasteiger partial charge in [-0.2, -0.15) is 4.98 Å². The molecule has 1 fully saturated rings. The summed E-state index contributed by atoms with van der Waals surface area (Å²) in [5.74, 6) is 2.12. The van der Waals surface area contributed by atoms with Crippen molar-refractivity contribution >= 4 is 0 Å². The Hall–Kier alpha value is -1.92. The fourth-order valence-corrected chi connectivity index (χ4v) is 2.57. The lowest BCUT2D eigenvalue weighted by atomic mass is 10.1. The lowest BCUT2D eigenvalue weighted by molar-refractivity contribution is 0.116. The van der Waals surface area contributed by atoms with Gasteiger partial charge in [-0.1, -0.05) is 23.4 Å². The van der Waals surface area contributed by atoms with Gasteiger partial charge in [0, 0.05) is 25.6 Å². The van der Waals surface area contributed by atoms with Gasteiger partial charge >= 0.3 is 0 Å². The first-order valence-electron chi connectivity index (χ1n) is 7.00. The fourth-order valence-electron chi connectivity index (χ4n) is 2.57. The van der Waals surface area contributed by atoms with E-state index < -0.39 is 0 Å². The summed E-state index contributed by atoms with van der Waals surface area (Å²) in [6.45, 7) is 0.811. The quantitative estimate of drug-likeness (QED) is 0.904. The van der Waals surface area contributed by atoms with Gasteiger partial charge in [0.1, 0.15) is 5.75 Å². The number of nitrogens with zero attached hydrogens (tertiary/aromatic N) is 2. The summed E-state index contributed by atoms with van der Waals surface area (Å²) in [6, 6.07) is 7.92. The Kier molecular flexibility index (Phi) is 4.17. The Bertz CT molecular complexity index is 599. The van der Waals surface area contributed by atoms with Gasteiger partial charge in [-0.05, 0) is 12.5 Å². The molecule has 2 aromatic rings. The van der Waals surface area contributed by atoms with Crippen molar-refractivity contribution in [2.45, 2.75) is 25.0 Å². The summed E-state index contributed by atoms with van der Waals surface area (Å²) >= 11 is 0. The molecule has 6 nitrogen and oxygen atoms in total. The molecule has 0 amide bonds. The van der Waals surface area contributed by atoms with Crippen molar-refractivity contribution in [3.05, 3.63) is 41.5 Å². The highest BCUT2D eigenvalue weighted by Gasteiger charge is 2.29. The Morgan fingerprint density at radius 1 is 1.33 bits per heavy atom. The molecular formula is C15H19N3O3. The predicted octanol–water partition coefficient (Wildman–Crippen LogP) is 1.72. The molecule has 0 saturated carbocycles. The largest absolute Gasteiger partial charge is 0.496 e. The minimum atomic E-state index is 0.0777. The number of aromatic nitrogens is 2. The molecule has 0 aliphatic carbocycles. The molecular weight excluding hydrogens is 270 g/mol. The molecule has 21 heavy (non-hydrogen) atoms. The molecule has 0 spiro atoms. The smallest absolute Gasteiger partial charge is 0.243 e. The van der Waals surface area contributed by atoms with Gasteiger partial charge in [-0.15, -0.1) is 0 Å². The molecule has 3 rings (SSSR count). The molecule has 1 aromatic carbocycles. The van der Waals surface area contributed by atoms with Crippen LogP contribution in [0.5, 0.6) is 5.75 Å². The number of hydrogen-bond acceptors (Lipinski definition) is 6. The van der Waals surface area contributed by atoms with Gasteiger partial charge in [0.05, 0.1) is 19.3 Å². The summed E-state index contributed by atoms with van der Waals surface area (Å²) < 4.78 is 16.0. The fraction of sp³-hybridized carbons (Fsp3) is 0.467. The van der Waals surface area contributed by atoms with E-state index in [0.29, 0.717) is 18.1 Å². The van der Waals surface area contributed by atoms with Crippen molar-refractivity contribution < 1.29 is 14.0 Å². The van der Waals surface area contributed by atoms with Crippen molar-refractivity contribution in [3.8, 4) is 5.75 Å². The van der Waals surface area contributed by atoms with Crippen molar-refractivity contribution in [3.63, 3.8) is 0 Å². The number of hydrogen-bond donors (Lipinski definition) is 1. The van der Waals surface area contributed by atoms with E-state index in [1.165, 1.54) is 0 Å². The maximum absolute atomic E-state index is 5.37. The minimum Gasteiger partial charge on any atom is -0.496 e. The molecule has 1 saturated heterocycles. The highest BCUT2D eigenvalue weighted by molar-refractivity contribution is 5.35.